The fraction of sp³-hybridized carbons (Fsp3) is 0.444. The van der Waals surface area contributed by atoms with Crippen LogP contribution in [0.25, 0.3) is 0 Å². The van der Waals surface area contributed by atoms with Gasteiger partial charge in [-0.3, -0.25) is 9.69 Å². The minimum Gasteiger partial charge on any atom is -0.505 e. The summed E-state index contributed by atoms with van der Waals surface area (Å²) in [5.74, 6) is -0.256. The molecule has 0 saturated carbocycles. The van der Waals surface area contributed by atoms with Crippen molar-refractivity contribution in [3.63, 3.8) is 0 Å². The Bertz CT molecular complexity index is 824. The van der Waals surface area contributed by atoms with Crippen molar-refractivity contribution in [1.82, 2.24) is 14.9 Å². The third-order valence-electron chi connectivity index (χ3n) is 4.33. The number of aromatic amines is 1. The number of aromatic hydroxyl groups is 1. The number of hydrogen-bond acceptors (Lipinski definition) is 4. The Kier molecular flexibility index (Phi) is 4.17. The summed E-state index contributed by atoms with van der Waals surface area (Å²) in [7, 11) is 0. The largest absolute Gasteiger partial charge is 0.505 e. The normalized spacial score (nSPS) is 15.3. The van der Waals surface area contributed by atoms with E-state index in [0.717, 1.165) is 11.3 Å². The first-order chi connectivity index (χ1) is 11.3. The molecule has 0 unspecified atom stereocenters. The predicted molar refractivity (Wildman–Crippen MR) is 89.4 cm³/mol. The Balaban J connectivity index is 1.87. The monoisotopic (exact) mass is 331 g/mol. The van der Waals surface area contributed by atoms with Crippen LogP contribution >= 0.6 is 0 Å². The van der Waals surface area contributed by atoms with Crippen LogP contribution in [0.5, 0.6) is 5.75 Å². The summed E-state index contributed by atoms with van der Waals surface area (Å²) < 4.78 is 13.5. The highest BCUT2D eigenvalue weighted by atomic mass is 19.1. The number of phenols is 1. The standard InChI is InChI=1S/C18H22FN3O2/c1-18(2,3)17-20-14-10-22(8-7-12(14)16(24)21-17)9-11-5-4-6-13(19)15(11)23/h4-6,23H,7-10H2,1-3H3,(H,20,21,24). The molecule has 0 amide bonds. The fourth-order valence-corrected chi connectivity index (χ4v) is 2.91. The van der Waals surface area contributed by atoms with Gasteiger partial charge >= 0.3 is 0 Å². The Morgan fingerprint density at radius 2 is 2.12 bits per heavy atom. The summed E-state index contributed by atoms with van der Waals surface area (Å²) in [6.07, 6.45) is 0.595. The van der Waals surface area contributed by atoms with Crippen molar-refractivity contribution in [2.24, 2.45) is 0 Å². The molecule has 0 bridgehead atoms. The van der Waals surface area contributed by atoms with Gasteiger partial charge in [0.25, 0.3) is 5.56 Å². The maximum atomic E-state index is 13.5. The molecule has 3 rings (SSSR count). The topological polar surface area (TPSA) is 69.2 Å². The first-order valence-electron chi connectivity index (χ1n) is 8.07. The van der Waals surface area contributed by atoms with Gasteiger partial charge in [0.05, 0.1) is 5.69 Å². The summed E-state index contributed by atoms with van der Waals surface area (Å²) in [5.41, 5.74) is 1.73. The van der Waals surface area contributed by atoms with Crippen LogP contribution < -0.4 is 5.56 Å². The average Bonchev–Trinajstić information content (AvgIpc) is 2.50. The summed E-state index contributed by atoms with van der Waals surface area (Å²) in [4.78, 5) is 21.9. The molecule has 2 heterocycles. The molecule has 5 nitrogen and oxygen atoms in total. The number of fused-ring (bicyclic) bond motifs is 1. The third-order valence-corrected chi connectivity index (χ3v) is 4.33. The number of H-pyrrole nitrogens is 1. The van der Waals surface area contributed by atoms with Gasteiger partial charge in [0.1, 0.15) is 5.82 Å². The first kappa shape index (κ1) is 16.6. The molecule has 0 spiro atoms. The molecule has 0 aliphatic carbocycles. The van der Waals surface area contributed by atoms with Crippen LogP contribution in [-0.4, -0.2) is 26.5 Å². The molecule has 1 aromatic heterocycles. The second-order valence-corrected chi connectivity index (χ2v) is 7.30. The fourth-order valence-electron chi connectivity index (χ4n) is 2.91. The molecule has 128 valence electrons. The number of para-hydroxylation sites is 1. The van der Waals surface area contributed by atoms with Gasteiger partial charge in [0.2, 0.25) is 0 Å². The SMILES string of the molecule is CC(C)(C)c1nc2c(c(=O)[nH]1)CCN(Cc1cccc(F)c1O)C2. The number of halogens is 1. The summed E-state index contributed by atoms with van der Waals surface area (Å²) in [6.45, 7) is 7.61. The van der Waals surface area contributed by atoms with Gasteiger partial charge in [0, 0.05) is 36.2 Å². The van der Waals surface area contributed by atoms with E-state index in [4.69, 9.17) is 0 Å². The number of aromatic nitrogens is 2. The highest BCUT2D eigenvalue weighted by molar-refractivity contribution is 5.33. The van der Waals surface area contributed by atoms with E-state index in [2.05, 4.69) is 14.9 Å². The van der Waals surface area contributed by atoms with Crippen LogP contribution in [0.2, 0.25) is 0 Å². The van der Waals surface area contributed by atoms with Crippen LogP contribution in [0.4, 0.5) is 4.39 Å². The average molecular weight is 331 g/mol. The number of phenolic OH excluding ortho intramolecular Hbond substituents is 1. The van der Waals surface area contributed by atoms with Gasteiger partial charge in [-0.2, -0.15) is 0 Å². The summed E-state index contributed by atoms with van der Waals surface area (Å²) in [5, 5.41) is 9.85. The van der Waals surface area contributed by atoms with E-state index in [-0.39, 0.29) is 16.7 Å². The number of benzene rings is 1. The van der Waals surface area contributed by atoms with Gasteiger partial charge in [-0.25, -0.2) is 9.37 Å². The number of nitrogens with one attached hydrogen (secondary N) is 1. The Labute approximate surface area is 140 Å². The lowest BCUT2D eigenvalue weighted by Crippen LogP contribution is -2.36. The molecule has 1 aromatic carbocycles. The van der Waals surface area contributed by atoms with Gasteiger partial charge in [-0.15, -0.1) is 0 Å². The zero-order valence-corrected chi connectivity index (χ0v) is 14.2. The second kappa shape index (κ2) is 6.02. The van der Waals surface area contributed by atoms with Gasteiger partial charge in [-0.05, 0) is 12.5 Å². The van der Waals surface area contributed by atoms with Crippen LogP contribution in [0.1, 0.15) is 43.4 Å². The number of nitrogens with zero attached hydrogens (tertiary/aromatic N) is 2. The zero-order chi connectivity index (χ0) is 17.5. The lowest BCUT2D eigenvalue weighted by Gasteiger charge is -2.29. The van der Waals surface area contributed by atoms with Crippen molar-refractivity contribution in [2.45, 2.75) is 45.7 Å². The molecule has 6 heteroatoms. The van der Waals surface area contributed by atoms with Crippen molar-refractivity contribution < 1.29 is 9.50 Å². The van der Waals surface area contributed by atoms with E-state index in [0.29, 0.717) is 37.4 Å². The van der Waals surface area contributed by atoms with E-state index in [9.17, 15) is 14.3 Å². The van der Waals surface area contributed by atoms with Crippen LogP contribution in [0.15, 0.2) is 23.0 Å². The predicted octanol–water partition coefficient (Wildman–Crippen LogP) is 2.47. The van der Waals surface area contributed by atoms with Crippen LogP contribution in [0.3, 0.4) is 0 Å². The number of rotatable bonds is 2. The van der Waals surface area contributed by atoms with Gasteiger partial charge < -0.3 is 10.1 Å². The highest BCUT2D eigenvalue weighted by Gasteiger charge is 2.25. The summed E-state index contributed by atoms with van der Waals surface area (Å²) >= 11 is 0. The molecule has 2 N–H and O–H groups in total. The Morgan fingerprint density at radius 1 is 1.38 bits per heavy atom. The van der Waals surface area contributed by atoms with E-state index in [1.54, 1.807) is 12.1 Å². The molecular weight excluding hydrogens is 309 g/mol. The first-order valence-corrected chi connectivity index (χ1v) is 8.07. The maximum Gasteiger partial charge on any atom is 0.254 e. The summed E-state index contributed by atoms with van der Waals surface area (Å²) in [6, 6.07) is 4.53. The minimum atomic E-state index is -0.616. The van der Waals surface area contributed by atoms with E-state index in [1.165, 1.54) is 6.07 Å². The van der Waals surface area contributed by atoms with Crippen molar-refractivity contribution in [3.8, 4) is 5.75 Å². The lowest BCUT2D eigenvalue weighted by molar-refractivity contribution is 0.235. The van der Waals surface area contributed by atoms with E-state index < -0.39 is 5.82 Å². The van der Waals surface area contributed by atoms with E-state index in [1.807, 2.05) is 20.8 Å². The van der Waals surface area contributed by atoms with Crippen LogP contribution in [-0.2, 0) is 24.9 Å². The maximum absolute atomic E-state index is 13.5. The quantitative estimate of drug-likeness (QED) is 0.887. The van der Waals surface area contributed by atoms with Crippen molar-refractivity contribution in [1.29, 1.82) is 0 Å². The zero-order valence-electron chi connectivity index (χ0n) is 14.2. The van der Waals surface area contributed by atoms with Crippen molar-refractivity contribution in [2.75, 3.05) is 6.54 Å². The Hall–Kier alpha value is -2.21. The molecular formula is C18H22FN3O2. The van der Waals surface area contributed by atoms with Gasteiger partial charge in [0.15, 0.2) is 11.6 Å². The molecule has 1 aliphatic rings. The minimum absolute atomic E-state index is 0.0711. The van der Waals surface area contributed by atoms with Gasteiger partial charge in [-0.1, -0.05) is 32.9 Å². The molecule has 2 aromatic rings. The van der Waals surface area contributed by atoms with Crippen LogP contribution in [0, 0.1) is 5.82 Å². The smallest absolute Gasteiger partial charge is 0.254 e. The van der Waals surface area contributed by atoms with E-state index >= 15 is 0 Å². The molecule has 0 saturated heterocycles. The third kappa shape index (κ3) is 3.19. The highest BCUT2D eigenvalue weighted by Crippen LogP contribution is 2.25. The number of hydrogen-bond donors (Lipinski definition) is 2. The molecule has 24 heavy (non-hydrogen) atoms. The van der Waals surface area contributed by atoms with Crippen molar-refractivity contribution in [3.05, 3.63) is 57.0 Å². The lowest BCUT2D eigenvalue weighted by atomic mass is 9.95. The molecule has 0 atom stereocenters. The second-order valence-electron chi connectivity index (χ2n) is 7.30. The Morgan fingerprint density at radius 3 is 2.83 bits per heavy atom. The molecule has 0 radical (unpaired) electrons. The molecule has 0 fully saturated rings. The van der Waals surface area contributed by atoms with Crippen molar-refractivity contribution >= 4 is 0 Å². The molecule has 1 aliphatic heterocycles.